The maximum atomic E-state index is 10.9. The monoisotopic (exact) mass is 294 g/mol. The van der Waals surface area contributed by atoms with Gasteiger partial charge < -0.3 is 34.2 Å². The molecule has 0 rings (SSSR count). The Hall–Kier alpha value is 0.180. The van der Waals surface area contributed by atoms with Gasteiger partial charge in [-0.05, 0) is 6.92 Å². The molecule has 104 valence electrons. The van der Waals surface area contributed by atoms with E-state index in [1.807, 2.05) is 0 Å². The van der Waals surface area contributed by atoms with Gasteiger partial charge in [-0.25, -0.2) is 0 Å². The zero-order valence-electron chi connectivity index (χ0n) is 9.09. The maximum Gasteiger partial charge on any atom is 0.371 e. The van der Waals surface area contributed by atoms with E-state index >= 15 is 0 Å². The zero-order valence-corrected chi connectivity index (χ0v) is 10.9. The van der Waals surface area contributed by atoms with Crippen LogP contribution in [-0.2, 0) is 18.6 Å². The molecule has 0 saturated carbocycles. The molecular formula is C6H16O9P2. The summed E-state index contributed by atoms with van der Waals surface area (Å²) >= 11 is 0. The topological polar surface area (TPSA) is 154 Å². The van der Waals surface area contributed by atoms with E-state index in [4.69, 9.17) is 24.3 Å². The molecule has 0 bridgehead atoms. The van der Waals surface area contributed by atoms with Crippen LogP contribution in [0.2, 0.25) is 0 Å². The number of hydrogen-bond acceptors (Lipinski definition) is 5. The fraction of sp³-hybridized carbons (Fsp3) is 1.00. The normalized spacial score (nSPS) is 14.0. The van der Waals surface area contributed by atoms with Crippen LogP contribution in [0.4, 0.5) is 0 Å². The summed E-state index contributed by atoms with van der Waals surface area (Å²) in [6, 6.07) is 0. The second-order valence-electron chi connectivity index (χ2n) is 3.11. The van der Waals surface area contributed by atoms with Gasteiger partial charge >= 0.3 is 15.2 Å². The van der Waals surface area contributed by atoms with Gasteiger partial charge in [-0.1, -0.05) is 0 Å². The third-order valence-corrected chi connectivity index (χ3v) is 5.49. The summed E-state index contributed by atoms with van der Waals surface area (Å²) in [5.74, 6) is 0. The SMILES string of the molecule is CCOCCOCC(O)(P(=O)(O)O)P(=O)(O)O. The van der Waals surface area contributed by atoms with Gasteiger partial charge in [-0.3, -0.25) is 9.13 Å². The van der Waals surface area contributed by atoms with Crippen molar-refractivity contribution in [2.24, 2.45) is 0 Å². The summed E-state index contributed by atoms with van der Waals surface area (Å²) in [7, 11) is -10.9. The smallest absolute Gasteiger partial charge is 0.371 e. The molecule has 9 nitrogen and oxygen atoms in total. The first-order valence-electron chi connectivity index (χ1n) is 4.55. The molecule has 0 fully saturated rings. The highest BCUT2D eigenvalue weighted by molar-refractivity contribution is 7.72. The van der Waals surface area contributed by atoms with Crippen molar-refractivity contribution in [2.45, 2.75) is 12.0 Å². The number of ether oxygens (including phenoxy) is 2. The summed E-state index contributed by atoms with van der Waals surface area (Å²) in [5, 5.41) is 5.83. The molecule has 0 spiro atoms. The minimum Gasteiger partial charge on any atom is -0.379 e. The third-order valence-electron chi connectivity index (χ3n) is 1.80. The zero-order chi connectivity index (χ0) is 13.7. The van der Waals surface area contributed by atoms with Gasteiger partial charge in [0.1, 0.15) is 0 Å². The van der Waals surface area contributed by atoms with Crippen molar-refractivity contribution in [3.8, 4) is 0 Å². The van der Waals surface area contributed by atoms with E-state index in [9.17, 15) is 14.2 Å². The van der Waals surface area contributed by atoms with Crippen molar-refractivity contribution in [1.82, 2.24) is 0 Å². The Labute approximate surface area is 97.7 Å². The van der Waals surface area contributed by atoms with E-state index in [1.165, 1.54) is 0 Å². The molecule has 0 aromatic rings. The molecule has 0 heterocycles. The predicted molar refractivity (Wildman–Crippen MR) is 56.4 cm³/mol. The molecule has 0 saturated heterocycles. The first kappa shape index (κ1) is 17.2. The Bertz CT molecular complexity index is 295. The van der Waals surface area contributed by atoms with Crippen LogP contribution >= 0.6 is 15.2 Å². The van der Waals surface area contributed by atoms with Gasteiger partial charge in [0.15, 0.2) is 0 Å². The lowest BCUT2D eigenvalue weighted by molar-refractivity contribution is -0.000497. The minimum atomic E-state index is -5.44. The molecule has 5 N–H and O–H groups in total. The van der Waals surface area contributed by atoms with Gasteiger partial charge in [-0.2, -0.15) is 0 Å². The van der Waals surface area contributed by atoms with Crippen molar-refractivity contribution in [2.75, 3.05) is 26.4 Å². The molecule has 0 aromatic heterocycles. The Morgan fingerprint density at radius 1 is 1.00 bits per heavy atom. The second kappa shape index (κ2) is 6.38. The average molecular weight is 294 g/mol. The Kier molecular flexibility index (Phi) is 6.44. The third kappa shape index (κ3) is 4.75. The van der Waals surface area contributed by atoms with Gasteiger partial charge in [0.2, 0.25) is 0 Å². The molecule has 0 aliphatic heterocycles. The van der Waals surface area contributed by atoms with Gasteiger partial charge in [0, 0.05) is 6.61 Å². The summed E-state index contributed by atoms with van der Waals surface area (Å²) in [6.07, 6.45) is 0. The second-order valence-corrected chi connectivity index (χ2v) is 7.12. The molecule has 17 heavy (non-hydrogen) atoms. The van der Waals surface area contributed by atoms with Gasteiger partial charge in [0.25, 0.3) is 5.08 Å². The van der Waals surface area contributed by atoms with Crippen LogP contribution in [-0.4, -0.2) is 56.2 Å². The van der Waals surface area contributed by atoms with E-state index in [-0.39, 0.29) is 13.2 Å². The van der Waals surface area contributed by atoms with Crippen molar-refractivity contribution < 1.29 is 43.3 Å². The summed E-state index contributed by atoms with van der Waals surface area (Å²) < 4.78 is 31.1. The minimum absolute atomic E-state index is 0.0783. The summed E-state index contributed by atoms with van der Waals surface area (Å²) in [5.41, 5.74) is 0. The van der Waals surface area contributed by atoms with Crippen LogP contribution < -0.4 is 0 Å². The standard InChI is InChI=1S/C6H16O9P2/c1-2-14-3-4-15-5-6(7,16(8,9)10)17(11,12)13/h7H,2-5H2,1H3,(H2,8,9,10)(H2,11,12,13). The summed E-state index contributed by atoms with van der Waals surface area (Å²) in [6.45, 7) is 0.839. The van der Waals surface area contributed by atoms with E-state index in [0.29, 0.717) is 6.61 Å². The Balaban J connectivity index is 4.55. The lowest BCUT2D eigenvalue weighted by atomic mass is 10.7. The van der Waals surface area contributed by atoms with Crippen molar-refractivity contribution in [3.63, 3.8) is 0 Å². The van der Waals surface area contributed by atoms with E-state index in [0.717, 1.165) is 0 Å². The van der Waals surface area contributed by atoms with E-state index in [1.54, 1.807) is 6.92 Å². The largest absolute Gasteiger partial charge is 0.379 e. The molecule has 0 aliphatic carbocycles. The number of aliphatic hydroxyl groups is 1. The van der Waals surface area contributed by atoms with Crippen molar-refractivity contribution in [1.29, 1.82) is 0 Å². The molecule has 0 unspecified atom stereocenters. The number of hydrogen-bond donors (Lipinski definition) is 5. The molecule has 0 aromatic carbocycles. The maximum absolute atomic E-state index is 10.9. The fourth-order valence-electron chi connectivity index (χ4n) is 0.809. The van der Waals surface area contributed by atoms with Crippen molar-refractivity contribution >= 4 is 15.2 Å². The van der Waals surface area contributed by atoms with Crippen LogP contribution in [0.5, 0.6) is 0 Å². The van der Waals surface area contributed by atoms with Crippen LogP contribution in [0, 0.1) is 0 Å². The van der Waals surface area contributed by atoms with Crippen LogP contribution in [0.3, 0.4) is 0 Å². The van der Waals surface area contributed by atoms with Gasteiger partial charge in [0.05, 0.1) is 19.8 Å². The highest BCUT2D eigenvalue weighted by Crippen LogP contribution is 2.67. The molecule has 0 atom stereocenters. The molecule has 0 aliphatic rings. The highest BCUT2D eigenvalue weighted by Gasteiger charge is 2.59. The Morgan fingerprint density at radius 3 is 1.76 bits per heavy atom. The lowest BCUT2D eigenvalue weighted by Gasteiger charge is -2.28. The van der Waals surface area contributed by atoms with E-state index < -0.39 is 26.9 Å². The molecule has 0 amide bonds. The molecule has 0 radical (unpaired) electrons. The predicted octanol–water partition coefficient (Wildman–Crippen LogP) is -0.959. The van der Waals surface area contributed by atoms with Crippen LogP contribution in [0.15, 0.2) is 0 Å². The van der Waals surface area contributed by atoms with Crippen LogP contribution in [0.1, 0.15) is 6.92 Å². The Morgan fingerprint density at radius 2 is 1.41 bits per heavy atom. The van der Waals surface area contributed by atoms with Crippen LogP contribution in [0.25, 0.3) is 0 Å². The van der Waals surface area contributed by atoms with E-state index in [2.05, 4.69) is 4.74 Å². The molecular weight excluding hydrogens is 278 g/mol. The molecule has 11 heteroatoms. The highest BCUT2D eigenvalue weighted by atomic mass is 31.2. The first-order valence-corrected chi connectivity index (χ1v) is 7.78. The quantitative estimate of drug-likeness (QED) is 0.281. The van der Waals surface area contributed by atoms with Gasteiger partial charge in [-0.15, -0.1) is 0 Å². The lowest BCUT2D eigenvalue weighted by Crippen LogP contribution is -2.34. The number of rotatable bonds is 8. The summed E-state index contributed by atoms with van der Waals surface area (Å²) in [4.78, 5) is 34.9. The first-order chi connectivity index (χ1) is 7.56. The average Bonchev–Trinajstić information content (AvgIpc) is 2.13. The fourth-order valence-corrected chi connectivity index (χ4v) is 2.69. The van der Waals surface area contributed by atoms with Crippen molar-refractivity contribution in [3.05, 3.63) is 0 Å².